The Morgan fingerprint density at radius 2 is 1.59 bits per heavy atom. The van der Waals surface area contributed by atoms with Gasteiger partial charge in [-0.3, -0.25) is 9.59 Å². The molecule has 2 aromatic rings. The number of benzene rings is 1. The maximum Gasteiger partial charge on any atom is 0.274 e. The largest absolute Gasteiger partial charge is 0.339 e. The zero-order chi connectivity index (χ0) is 19.6. The molecule has 1 aliphatic heterocycles. The van der Waals surface area contributed by atoms with Gasteiger partial charge in [0.05, 0.1) is 5.69 Å². The van der Waals surface area contributed by atoms with Gasteiger partial charge in [0.15, 0.2) is 29.0 Å². The fourth-order valence-corrected chi connectivity index (χ4v) is 2.66. The maximum absolute atomic E-state index is 13.7. The van der Waals surface area contributed by atoms with Crippen LogP contribution in [0.5, 0.6) is 0 Å². The summed E-state index contributed by atoms with van der Waals surface area (Å²) in [5.41, 5.74) is -0.217. The summed E-state index contributed by atoms with van der Waals surface area (Å²) in [5.74, 6) is -4.57. The maximum atomic E-state index is 13.7. The minimum absolute atomic E-state index is 0.0400. The Balaban J connectivity index is 1.66. The first-order chi connectivity index (χ1) is 12.9. The first-order valence-electron chi connectivity index (χ1n) is 8.16. The van der Waals surface area contributed by atoms with Crippen LogP contribution in [0.2, 0.25) is 0 Å². The van der Waals surface area contributed by atoms with E-state index in [1.807, 2.05) is 0 Å². The van der Waals surface area contributed by atoms with Gasteiger partial charge >= 0.3 is 0 Å². The van der Waals surface area contributed by atoms with E-state index in [2.05, 4.69) is 15.5 Å². The van der Waals surface area contributed by atoms with Gasteiger partial charge in [0.1, 0.15) is 0 Å². The molecule has 0 saturated carbocycles. The molecule has 27 heavy (non-hydrogen) atoms. The van der Waals surface area contributed by atoms with Gasteiger partial charge in [0.2, 0.25) is 5.91 Å². The summed E-state index contributed by atoms with van der Waals surface area (Å²) in [5, 5.41) is 10.0. The van der Waals surface area contributed by atoms with E-state index < -0.39 is 17.5 Å². The third-order valence-electron chi connectivity index (χ3n) is 4.19. The molecule has 0 unspecified atom stereocenters. The average Bonchev–Trinajstić information content (AvgIpc) is 2.68. The molecule has 0 aliphatic carbocycles. The summed E-state index contributed by atoms with van der Waals surface area (Å²) < 4.78 is 39.9. The molecule has 1 saturated heterocycles. The molecule has 1 aromatic heterocycles. The van der Waals surface area contributed by atoms with Crippen molar-refractivity contribution in [3.63, 3.8) is 0 Å². The van der Waals surface area contributed by atoms with Crippen LogP contribution in [0.3, 0.4) is 0 Å². The van der Waals surface area contributed by atoms with Gasteiger partial charge in [-0.15, -0.1) is 10.2 Å². The van der Waals surface area contributed by atoms with Gasteiger partial charge < -0.3 is 15.1 Å². The number of piperazine rings is 1. The van der Waals surface area contributed by atoms with Crippen LogP contribution < -0.4 is 5.32 Å². The smallest absolute Gasteiger partial charge is 0.274 e. The Hall–Kier alpha value is -3.17. The molecule has 142 valence electrons. The van der Waals surface area contributed by atoms with Crippen molar-refractivity contribution in [1.29, 1.82) is 0 Å². The van der Waals surface area contributed by atoms with Crippen LogP contribution in [-0.4, -0.2) is 58.0 Å². The summed E-state index contributed by atoms with van der Waals surface area (Å²) >= 11 is 0. The van der Waals surface area contributed by atoms with Crippen molar-refractivity contribution in [2.24, 2.45) is 0 Å². The number of carbonyl (C=O) groups is 2. The number of hydrogen-bond acceptors (Lipinski definition) is 5. The lowest BCUT2D eigenvalue weighted by molar-refractivity contribution is -0.130. The van der Waals surface area contributed by atoms with E-state index in [0.29, 0.717) is 26.2 Å². The second-order valence-corrected chi connectivity index (χ2v) is 5.95. The highest BCUT2D eigenvalue weighted by molar-refractivity contribution is 5.92. The van der Waals surface area contributed by atoms with Crippen LogP contribution in [0.4, 0.5) is 24.7 Å². The number of hydrogen-bond donors (Lipinski definition) is 1. The normalized spacial score (nSPS) is 14.2. The fourth-order valence-electron chi connectivity index (χ4n) is 2.66. The third kappa shape index (κ3) is 3.99. The lowest BCUT2D eigenvalue weighted by atomic mass is 10.2. The molecule has 0 radical (unpaired) electrons. The van der Waals surface area contributed by atoms with Gasteiger partial charge in [-0.2, -0.15) is 0 Å². The zero-order valence-corrected chi connectivity index (χ0v) is 14.4. The summed E-state index contributed by atoms with van der Waals surface area (Å²) in [6.07, 6.45) is 0. The minimum Gasteiger partial charge on any atom is -0.339 e. The van der Waals surface area contributed by atoms with E-state index in [-0.39, 0.29) is 29.0 Å². The standard InChI is InChI=1S/C17H16F3N5O2/c1-10(26)24-6-8-25(9-7-24)17(27)13-4-5-14(23-22-13)21-12-3-2-11(18)15(19)16(12)20/h2-5H,6-9H2,1H3,(H,21,23). The number of aromatic nitrogens is 2. The second-order valence-electron chi connectivity index (χ2n) is 5.95. The molecule has 3 rings (SSSR count). The highest BCUT2D eigenvalue weighted by Crippen LogP contribution is 2.22. The molecule has 2 heterocycles. The zero-order valence-electron chi connectivity index (χ0n) is 14.4. The molecule has 1 aliphatic rings. The van der Waals surface area contributed by atoms with Crippen molar-refractivity contribution in [2.75, 3.05) is 31.5 Å². The number of rotatable bonds is 3. The Kier molecular flexibility index (Phi) is 5.24. The lowest BCUT2D eigenvalue weighted by Gasteiger charge is -2.33. The number of amides is 2. The van der Waals surface area contributed by atoms with Crippen molar-refractivity contribution in [3.8, 4) is 0 Å². The molecule has 1 aromatic carbocycles. The van der Waals surface area contributed by atoms with Gasteiger partial charge in [-0.1, -0.05) is 0 Å². The molecule has 2 amide bonds. The molecule has 1 fully saturated rings. The van der Waals surface area contributed by atoms with E-state index in [1.54, 1.807) is 9.80 Å². The summed E-state index contributed by atoms with van der Waals surface area (Å²) in [6.45, 7) is 3.15. The Morgan fingerprint density at radius 3 is 2.19 bits per heavy atom. The van der Waals surface area contributed by atoms with Crippen molar-refractivity contribution < 1.29 is 22.8 Å². The highest BCUT2D eigenvalue weighted by Gasteiger charge is 2.24. The molecule has 0 atom stereocenters. The van der Waals surface area contributed by atoms with Crippen LogP contribution in [0, 0.1) is 17.5 Å². The van der Waals surface area contributed by atoms with E-state index in [1.165, 1.54) is 19.1 Å². The number of carbonyl (C=O) groups excluding carboxylic acids is 2. The Morgan fingerprint density at radius 1 is 0.926 bits per heavy atom. The highest BCUT2D eigenvalue weighted by atomic mass is 19.2. The van der Waals surface area contributed by atoms with Gasteiger partial charge in [0.25, 0.3) is 5.91 Å². The van der Waals surface area contributed by atoms with E-state index in [9.17, 15) is 22.8 Å². The predicted octanol–water partition coefficient (Wildman–Crippen LogP) is 1.94. The Bertz CT molecular complexity index is 868. The fraction of sp³-hybridized carbons (Fsp3) is 0.294. The average molecular weight is 379 g/mol. The molecular weight excluding hydrogens is 363 g/mol. The van der Waals surface area contributed by atoms with Crippen molar-refractivity contribution in [2.45, 2.75) is 6.92 Å². The summed E-state index contributed by atoms with van der Waals surface area (Å²) in [7, 11) is 0. The third-order valence-corrected chi connectivity index (χ3v) is 4.19. The predicted molar refractivity (Wildman–Crippen MR) is 89.8 cm³/mol. The molecule has 1 N–H and O–H groups in total. The quantitative estimate of drug-likeness (QED) is 0.825. The summed E-state index contributed by atoms with van der Waals surface area (Å²) in [6, 6.07) is 4.59. The lowest BCUT2D eigenvalue weighted by Crippen LogP contribution is -2.50. The number of halogens is 3. The van der Waals surface area contributed by atoms with Crippen molar-refractivity contribution >= 4 is 23.3 Å². The second kappa shape index (κ2) is 7.60. The SMILES string of the molecule is CC(=O)N1CCN(C(=O)c2ccc(Nc3ccc(F)c(F)c3F)nn2)CC1. The minimum atomic E-state index is -1.59. The molecular formula is C17H16F3N5O2. The van der Waals surface area contributed by atoms with Gasteiger partial charge in [0, 0.05) is 33.1 Å². The number of anilines is 2. The molecule has 10 heteroatoms. The van der Waals surface area contributed by atoms with Crippen LogP contribution >= 0.6 is 0 Å². The van der Waals surface area contributed by atoms with Crippen LogP contribution in [0.15, 0.2) is 24.3 Å². The van der Waals surface area contributed by atoms with Crippen LogP contribution in [0.1, 0.15) is 17.4 Å². The first-order valence-corrected chi connectivity index (χ1v) is 8.16. The van der Waals surface area contributed by atoms with E-state index in [4.69, 9.17) is 0 Å². The monoisotopic (exact) mass is 379 g/mol. The molecule has 0 bridgehead atoms. The number of nitrogens with one attached hydrogen (secondary N) is 1. The van der Waals surface area contributed by atoms with E-state index in [0.717, 1.165) is 12.1 Å². The number of nitrogens with zero attached hydrogens (tertiary/aromatic N) is 4. The van der Waals surface area contributed by atoms with Crippen LogP contribution in [-0.2, 0) is 4.79 Å². The van der Waals surface area contributed by atoms with E-state index >= 15 is 0 Å². The summed E-state index contributed by atoms with van der Waals surface area (Å²) in [4.78, 5) is 27.0. The Labute approximate surface area is 152 Å². The molecule has 7 nitrogen and oxygen atoms in total. The van der Waals surface area contributed by atoms with Gasteiger partial charge in [-0.05, 0) is 24.3 Å². The van der Waals surface area contributed by atoms with Crippen molar-refractivity contribution in [1.82, 2.24) is 20.0 Å². The first kappa shape index (κ1) is 18.6. The van der Waals surface area contributed by atoms with Crippen LogP contribution in [0.25, 0.3) is 0 Å². The van der Waals surface area contributed by atoms with Gasteiger partial charge in [-0.25, -0.2) is 13.2 Å². The van der Waals surface area contributed by atoms with Crippen molar-refractivity contribution in [3.05, 3.63) is 47.4 Å². The molecule has 0 spiro atoms. The topological polar surface area (TPSA) is 78.4 Å².